The Morgan fingerprint density at radius 2 is 2.00 bits per heavy atom. The number of aromatic nitrogens is 2. The van der Waals surface area contributed by atoms with Gasteiger partial charge in [-0.05, 0) is 43.3 Å². The van der Waals surface area contributed by atoms with Gasteiger partial charge in [0.1, 0.15) is 9.90 Å². The van der Waals surface area contributed by atoms with Crippen molar-refractivity contribution in [3.8, 4) is 0 Å². The fourth-order valence-electron chi connectivity index (χ4n) is 2.00. The number of carboxylic acids is 1. The van der Waals surface area contributed by atoms with Gasteiger partial charge in [0, 0.05) is 5.39 Å². The summed E-state index contributed by atoms with van der Waals surface area (Å²) in [5.74, 6) is -0.931. The molecule has 0 bridgehead atoms. The first-order valence-corrected chi connectivity index (χ1v) is 7.93. The third kappa shape index (κ3) is 2.77. The number of hydrogen-bond acceptors (Lipinski definition) is 5. The van der Waals surface area contributed by atoms with E-state index in [2.05, 4.69) is 16.0 Å². The van der Waals surface area contributed by atoms with Crippen molar-refractivity contribution >= 4 is 40.0 Å². The summed E-state index contributed by atoms with van der Waals surface area (Å²) in [6.07, 6.45) is 0. The summed E-state index contributed by atoms with van der Waals surface area (Å²) in [5.41, 5.74) is 2.54. The number of pyridine rings is 1. The first-order valence-electron chi connectivity index (χ1n) is 6.29. The van der Waals surface area contributed by atoms with Gasteiger partial charge in [-0.15, -0.1) is 0 Å². The molecule has 1 aromatic carbocycles. The number of aromatic carboxylic acids is 1. The van der Waals surface area contributed by atoms with Gasteiger partial charge in [0.2, 0.25) is 0 Å². The normalized spacial score (nSPS) is 11.0. The van der Waals surface area contributed by atoms with Crippen LogP contribution in [0.2, 0.25) is 0 Å². The highest BCUT2D eigenvalue weighted by molar-refractivity contribution is 8.01. The third-order valence-electron chi connectivity index (χ3n) is 3.02. The minimum atomic E-state index is -0.931. The Morgan fingerprint density at radius 1 is 1.24 bits per heavy atom. The van der Waals surface area contributed by atoms with Crippen LogP contribution in [0.25, 0.3) is 10.9 Å². The van der Waals surface area contributed by atoms with Crippen LogP contribution in [0.1, 0.15) is 20.9 Å². The Hall–Kier alpha value is -1.92. The summed E-state index contributed by atoms with van der Waals surface area (Å²) in [6.45, 7) is 3.71. The van der Waals surface area contributed by atoms with Crippen LogP contribution in [-0.4, -0.2) is 21.0 Å². The highest BCUT2D eigenvalue weighted by Crippen LogP contribution is 2.34. The molecule has 2 aromatic heterocycles. The van der Waals surface area contributed by atoms with Crippen LogP contribution in [0.5, 0.6) is 0 Å². The standard InChI is InChI=1S/C15H12N2O2S2/c1-8-7-10-5-3-4-6-11(10)17-13(8)21-15-16-9(2)12(20-15)14(18)19/h3-7H,1-2H3,(H,18,19). The number of aryl methyl sites for hydroxylation is 2. The van der Waals surface area contributed by atoms with Gasteiger partial charge in [-0.1, -0.05) is 29.5 Å². The average molecular weight is 316 g/mol. The van der Waals surface area contributed by atoms with Gasteiger partial charge in [-0.3, -0.25) is 0 Å². The summed E-state index contributed by atoms with van der Waals surface area (Å²) in [6, 6.07) is 10.0. The van der Waals surface area contributed by atoms with Crippen molar-refractivity contribution < 1.29 is 9.90 Å². The first kappa shape index (κ1) is 14.0. The molecule has 0 aliphatic rings. The Bertz CT molecular complexity index is 843. The van der Waals surface area contributed by atoms with E-state index in [4.69, 9.17) is 5.11 Å². The second-order valence-corrected chi connectivity index (χ2v) is 6.84. The highest BCUT2D eigenvalue weighted by atomic mass is 32.2. The molecule has 0 amide bonds. The Balaban J connectivity index is 1.99. The van der Waals surface area contributed by atoms with Crippen LogP contribution in [0, 0.1) is 13.8 Å². The number of hydrogen-bond donors (Lipinski definition) is 1. The molecule has 3 aromatic rings. The van der Waals surface area contributed by atoms with Crippen molar-refractivity contribution in [3.63, 3.8) is 0 Å². The summed E-state index contributed by atoms with van der Waals surface area (Å²) in [5, 5.41) is 11.0. The topological polar surface area (TPSA) is 63.1 Å². The number of para-hydroxylation sites is 1. The van der Waals surface area contributed by atoms with Gasteiger partial charge in [0.15, 0.2) is 4.34 Å². The Morgan fingerprint density at radius 3 is 2.71 bits per heavy atom. The number of rotatable bonds is 3. The van der Waals surface area contributed by atoms with Crippen molar-refractivity contribution in [2.45, 2.75) is 23.2 Å². The predicted octanol–water partition coefficient (Wildman–Crippen LogP) is 4.16. The van der Waals surface area contributed by atoms with E-state index in [1.54, 1.807) is 6.92 Å². The molecule has 4 nitrogen and oxygen atoms in total. The van der Waals surface area contributed by atoms with Crippen molar-refractivity contribution in [1.82, 2.24) is 9.97 Å². The smallest absolute Gasteiger partial charge is 0.347 e. The van der Waals surface area contributed by atoms with Gasteiger partial charge in [0.05, 0.1) is 11.2 Å². The van der Waals surface area contributed by atoms with Crippen LogP contribution >= 0.6 is 23.1 Å². The maximum absolute atomic E-state index is 11.1. The van der Waals surface area contributed by atoms with E-state index in [1.165, 1.54) is 23.1 Å². The fourth-order valence-corrected chi connectivity index (χ4v) is 4.01. The molecule has 0 fully saturated rings. The second-order valence-electron chi connectivity index (χ2n) is 4.60. The predicted molar refractivity (Wildman–Crippen MR) is 84.4 cm³/mol. The number of carbonyl (C=O) groups is 1. The molecule has 21 heavy (non-hydrogen) atoms. The second kappa shape index (κ2) is 5.46. The molecule has 106 valence electrons. The minimum Gasteiger partial charge on any atom is -0.477 e. The molecule has 0 spiro atoms. The molecule has 0 saturated carbocycles. The molecule has 0 unspecified atom stereocenters. The lowest BCUT2D eigenvalue weighted by atomic mass is 10.2. The number of fused-ring (bicyclic) bond motifs is 1. The van der Waals surface area contributed by atoms with Gasteiger partial charge in [-0.25, -0.2) is 14.8 Å². The van der Waals surface area contributed by atoms with Crippen molar-refractivity contribution in [2.75, 3.05) is 0 Å². The number of benzene rings is 1. The van der Waals surface area contributed by atoms with E-state index < -0.39 is 5.97 Å². The van der Waals surface area contributed by atoms with E-state index >= 15 is 0 Å². The molecule has 1 N–H and O–H groups in total. The number of thiazole rings is 1. The summed E-state index contributed by atoms with van der Waals surface area (Å²) >= 11 is 2.60. The monoisotopic (exact) mass is 316 g/mol. The van der Waals surface area contributed by atoms with E-state index in [0.29, 0.717) is 10.0 Å². The van der Waals surface area contributed by atoms with E-state index in [9.17, 15) is 4.79 Å². The van der Waals surface area contributed by atoms with E-state index in [0.717, 1.165) is 21.5 Å². The molecule has 0 radical (unpaired) electrons. The quantitative estimate of drug-likeness (QED) is 0.786. The molecule has 0 aliphatic heterocycles. The number of nitrogens with zero attached hydrogens (tertiary/aromatic N) is 2. The molecule has 0 atom stereocenters. The zero-order valence-electron chi connectivity index (χ0n) is 11.5. The van der Waals surface area contributed by atoms with Crippen LogP contribution in [0.3, 0.4) is 0 Å². The average Bonchev–Trinajstić information content (AvgIpc) is 2.81. The van der Waals surface area contributed by atoms with Gasteiger partial charge >= 0.3 is 5.97 Å². The Labute approximate surface area is 129 Å². The van der Waals surface area contributed by atoms with Crippen molar-refractivity contribution in [1.29, 1.82) is 0 Å². The SMILES string of the molecule is Cc1cc2ccccc2nc1Sc1nc(C)c(C(=O)O)s1. The Kier molecular flexibility index (Phi) is 3.65. The van der Waals surface area contributed by atoms with Crippen LogP contribution in [0.4, 0.5) is 0 Å². The maximum Gasteiger partial charge on any atom is 0.347 e. The molecule has 0 aliphatic carbocycles. The maximum atomic E-state index is 11.1. The van der Waals surface area contributed by atoms with Crippen LogP contribution < -0.4 is 0 Å². The molecule has 6 heteroatoms. The van der Waals surface area contributed by atoms with Gasteiger partial charge < -0.3 is 5.11 Å². The molecule has 3 rings (SSSR count). The van der Waals surface area contributed by atoms with Crippen LogP contribution in [-0.2, 0) is 0 Å². The molecule has 2 heterocycles. The van der Waals surface area contributed by atoms with E-state index in [1.807, 2.05) is 31.2 Å². The molecular weight excluding hydrogens is 304 g/mol. The minimum absolute atomic E-state index is 0.288. The van der Waals surface area contributed by atoms with E-state index in [-0.39, 0.29) is 4.88 Å². The summed E-state index contributed by atoms with van der Waals surface area (Å²) in [4.78, 5) is 20.3. The lowest BCUT2D eigenvalue weighted by Crippen LogP contribution is -1.94. The van der Waals surface area contributed by atoms with Crippen molar-refractivity contribution in [3.05, 3.63) is 46.5 Å². The fraction of sp³-hybridized carbons (Fsp3) is 0.133. The lowest BCUT2D eigenvalue weighted by Gasteiger charge is -2.04. The zero-order chi connectivity index (χ0) is 15.0. The molecule has 0 saturated heterocycles. The first-order chi connectivity index (χ1) is 10.0. The van der Waals surface area contributed by atoms with Crippen molar-refractivity contribution in [2.24, 2.45) is 0 Å². The van der Waals surface area contributed by atoms with Gasteiger partial charge in [0.25, 0.3) is 0 Å². The zero-order valence-corrected chi connectivity index (χ0v) is 13.1. The largest absolute Gasteiger partial charge is 0.477 e. The number of carboxylic acid groups (broad SMARTS) is 1. The lowest BCUT2D eigenvalue weighted by molar-refractivity contribution is 0.0701. The van der Waals surface area contributed by atoms with Gasteiger partial charge in [-0.2, -0.15) is 0 Å². The third-order valence-corrected chi connectivity index (χ3v) is 5.34. The molecular formula is C15H12N2O2S2. The highest BCUT2D eigenvalue weighted by Gasteiger charge is 2.16. The van der Waals surface area contributed by atoms with Crippen LogP contribution in [0.15, 0.2) is 39.7 Å². The summed E-state index contributed by atoms with van der Waals surface area (Å²) in [7, 11) is 0. The summed E-state index contributed by atoms with van der Waals surface area (Å²) < 4.78 is 0.704.